The van der Waals surface area contributed by atoms with Crippen molar-refractivity contribution in [2.45, 2.75) is 12.7 Å². The first kappa shape index (κ1) is 16.0. The van der Waals surface area contributed by atoms with Gasteiger partial charge < -0.3 is 19.5 Å². The third kappa shape index (κ3) is 3.92. The normalized spacial score (nSPS) is 15.9. The molecule has 1 atom stereocenters. The third-order valence-corrected chi connectivity index (χ3v) is 3.40. The van der Waals surface area contributed by atoms with Crippen LogP contribution in [0.2, 0.25) is 0 Å². The molecule has 5 nitrogen and oxygen atoms in total. The van der Waals surface area contributed by atoms with Crippen LogP contribution in [0.25, 0.3) is 0 Å². The van der Waals surface area contributed by atoms with E-state index in [1.54, 1.807) is 6.07 Å². The molecule has 2 aromatic carbocycles. The average Bonchev–Trinajstić information content (AvgIpc) is 2.59. The van der Waals surface area contributed by atoms with Crippen LogP contribution in [-0.2, 0) is 0 Å². The van der Waals surface area contributed by atoms with Gasteiger partial charge >= 0.3 is 6.61 Å². The van der Waals surface area contributed by atoms with Crippen molar-refractivity contribution >= 4 is 5.91 Å². The zero-order chi connectivity index (χ0) is 16.9. The third-order valence-electron chi connectivity index (χ3n) is 3.40. The van der Waals surface area contributed by atoms with E-state index in [4.69, 9.17) is 9.47 Å². The molecular weight excluding hydrogens is 320 g/mol. The molecule has 126 valence electrons. The van der Waals surface area contributed by atoms with Crippen molar-refractivity contribution in [2.75, 3.05) is 13.2 Å². The predicted molar refractivity (Wildman–Crippen MR) is 81.8 cm³/mol. The molecule has 7 heteroatoms. The maximum absolute atomic E-state index is 12.1. The number of ether oxygens (including phenoxy) is 3. The average molecular weight is 335 g/mol. The fourth-order valence-corrected chi connectivity index (χ4v) is 2.26. The van der Waals surface area contributed by atoms with Gasteiger partial charge in [0, 0.05) is 5.56 Å². The molecule has 1 amide bonds. The Hall–Kier alpha value is -2.83. The second-order valence-electron chi connectivity index (χ2n) is 5.11. The van der Waals surface area contributed by atoms with Crippen LogP contribution in [-0.4, -0.2) is 31.8 Å². The maximum Gasteiger partial charge on any atom is 0.387 e. The number of carbonyl (C=O) groups is 1. The summed E-state index contributed by atoms with van der Waals surface area (Å²) in [4.78, 5) is 12.1. The lowest BCUT2D eigenvalue weighted by molar-refractivity contribution is -0.0498. The van der Waals surface area contributed by atoms with Crippen molar-refractivity contribution in [1.29, 1.82) is 0 Å². The number of amides is 1. The van der Waals surface area contributed by atoms with Gasteiger partial charge in [-0.3, -0.25) is 4.79 Å². The van der Waals surface area contributed by atoms with Crippen molar-refractivity contribution in [3.8, 4) is 17.2 Å². The fraction of sp³-hybridized carbons (Fsp3) is 0.235. The highest BCUT2D eigenvalue weighted by Crippen LogP contribution is 2.30. The molecule has 0 spiro atoms. The molecule has 0 saturated carbocycles. The Morgan fingerprint density at radius 1 is 1.17 bits per heavy atom. The number of halogens is 2. The number of hydrogen-bond acceptors (Lipinski definition) is 4. The number of carbonyl (C=O) groups excluding carboxylic acids is 1. The van der Waals surface area contributed by atoms with Crippen molar-refractivity contribution < 1.29 is 27.8 Å². The SMILES string of the molecule is O=C(NC[C@@H]1COc2ccccc2O1)c1ccc(OC(F)F)cc1. The van der Waals surface area contributed by atoms with Crippen LogP contribution in [0.3, 0.4) is 0 Å². The van der Waals surface area contributed by atoms with E-state index in [0.29, 0.717) is 23.7 Å². The predicted octanol–water partition coefficient (Wildman–Crippen LogP) is 2.86. The van der Waals surface area contributed by atoms with E-state index in [1.165, 1.54) is 24.3 Å². The number of hydrogen-bond donors (Lipinski definition) is 1. The first-order valence-corrected chi connectivity index (χ1v) is 7.33. The number of para-hydroxylation sites is 2. The minimum absolute atomic E-state index is 0.00201. The lowest BCUT2D eigenvalue weighted by atomic mass is 10.2. The summed E-state index contributed by atoms with van der Waals surface area (Å²) < 4.78 is 39.7. The Balaban J connectivity index is 1.52. The van der Waals surface area contributed by atoms with Crippen LogP contribution in [0.4, 0.5) is 8.78 Å². The number of rotatable bonds is 5. The second kappa shape index (κ2) is 7.16. The van der Waals surface area contributed by atoms with E-state index in [2.05, 4.69) is 10.1 Å². The first-order chi connectivity index (χ1) is 11.6. The molecule has 1 heterocycles. The minimum Gasteiger partial charge on any atom is -0.486 e. The summed E-state index contributed by atoms with van der Waals surface area (Å²) in [5.41, 5.74) is 0.341. The van der Waals surface area contributed by atoms with E-state index in [9.17, 15) is 13.6 Å². The second-order valence-corrected chi connectivity index (χ2v) is 5.11. The van der Waals surface area contributed by atoms with Gasteiger partial charge in [0.1, 0.15) is 18.5 Å². The first-order valence-electron chi connectivity index (χ1n) is 7.33. The number of fused-ring (bicyclic) bond motifs is 1. The molecule has 1 N–H and O–H groups in total. The molecule has 0 unspecified atom stereocenters. The van der Waals surface area contributed by atoms with Gasteiger partial charge in [-0.2, -0.15) is 8.78 Å². The van der Waals surface area contributed by atoms with Crippen LogP contribution < -0.4 is 19.5 Å². The molecule has 0 aromatic heterocycles. The van der Waals surface area contributed by atoms with Crippen molar-refractivity contribution in [3.63, 3.8) is 0 Å². The van der Waals surface area contributed by atoms with E-state index in [-0.39, 0.29) is 24.3 Å². The van der Waals surface area contributed by atoms with Gasteiger partial charge in [0.25, 0.3) is 5.91 Å². The van der Waals surface area contributed by atoms with Crippen molar-refractivity contribution in [2.24, 2.45) is 0 Å². The highest BCUT2D eigenvalue weighted by molar-refractivity contribution is 5.94. The van der Waals surface area contributed by atoms with Gasteiger partial charge in [-0.15, -0.1) is 0 Å². The highest BCUT2D eigenvalue weighted by atomic mass is 19.3. The minimum atomic E-state index is -2.89. The van der Waals surface area contributed by atoms with Crippen molar-refractivity contribution in [1.82, 2.24) is 5.32 Å². The molecule has 24 heavy (non-hydrogen) atoms. The smallest absolute Gasteiger partial charge is 0.387 e. The van der Waals surface area contributed by atoms with Crippen molar-refractivity contribution in [3.05, 3.63) is 54.1 Å². The highest BCUT2D eigenvalue weighted by Gasteiger charge is 2.21. The molecule has 0 aliphatic carbocycles. The molecule has 1 aliphatic rings. The van der Waals surface area contributed by atoms with Crippen LogP contribution in [0.15, 0.2) is 48.5 Å². The zero-order valence-corrected chi connectivity index (χ0v) is 12.6. The molecule has 3 rings (SSSR count). The van der Waals surface area contributed by atoms with Gasteiger partial charge in [-0.05, 0) is 36.4 Å². The van der Waals surface area contributed by atoms with E-state index < -0.39 is 6.61 Å². The van der Waals surface area contributed by atoms with Gasteiger partial charge in [0.05, 0.1) is 6.54 Å². The van der Waals surface area contributed by atoms with Crippen LogP contribution in [0, 0.1) is 0 Å². The summed E-state index contributed by atoms with van der Waals surface area (Å²) >= 11 is 0. The summed E-state index contributed by atoms with van der Waals surface area (Å²) in [6.07, 6.45) is -0.301. The zero-order valence-electron chi connectivity index (χ0n) is 12.6. The Morgan fingerprint density at radius 3 is 2.58 bits per heavy atom. The molecule has 0 saturated heterocycles. The van der Waals surface area contributed by atoms with Gasteiger partial charge in [-0.25, -0.2) is 0 Å². The Bertz CT molecular complexity index is 706. The molecule has 0 radical (unpaired) electrons. The van der Waals surface area contributed by atoms with E-state index in [0.717, 1.165) is 0 Å². The number of benzene rings is 2. The van der Waals surface area contributed by atoms with Gasteiger partial charge in [0.2, 0.25) is 0 Å². The standard InChI is InChI=1S/C17H15F2NO4/c18-17(19)24-12-7-5-11(6-8-12)16(21)20-9-13-10-22-14-3-1-2-4-15(14)23-13/h1-8,13,17H,9-10H2,(H,20,21)/t13-/m1/s1. The monoisotopic (exact) mass is 335 g/mol. The topological polar surface area (TPSA) is 56.8 Å². The maximum atomic E-state index is 12.1. The Morgan fingerprint density at radius 2 is 1.88 bits per heavy atom. The molecule has 0 bridgehead atoms. The summed E-state index contributed by atoms with van der Waals surface area (Å²) in [7, 11) is 0. The van der Waals surface area contributed by atoms with Crippen LogP contribution in [0.5, 0.6) is 17.2 Å². The van der Waals surface area contributed by atoms with Crippen LogP contribution >= 0.6 is 0 Å². The van der Waals surface area contributed by atoms with Gasteiger partial charge in [0.15, 0.2) is 11.5 Å². The lowest BCUT2D eigenvalue weighted by Gasteiger charge is -2.26. The van der Waals surface area contributed by atoms with Gasteiger partial charge in [-0.1, -0.05) is 12.1 Å². The molecule has 2 aromatic rings. The molecule has 1 aliphatic heterocycles. The summed E-state index contributed by atoms with van der Waals surface area (Å²) in [5.74, 6) is 0.981. The van der Waals surface area contributed by atoms with E-state index in [1.807, 2.05) is 18.2 Å². The van der Waals surface area contributed by atoms with Crippen LogP contribution in [0.1, 0.15) is 10.4 Å². The van der Waals surface area contributed by atoms with E-state index >= 15 is 0 Å². The Kier molecular flexibility index (Phi) is 4.79. The number of nitrogens with one attached hydrogen (secondary N) is 1. The fourth-order valence-electron chi connectivity index (χ4n) is 2.26. The number of alkyl halides is 2. The lowest BCUT2D eigenvalue weighted by Crippen LogP contribution is -2.40. The molecular formula is C17H15F2NO4. The largest absolute Gasteiger partial charge is 0.486 e. The molecule has 0 fully saturated rings. The Labute approximate surface area is 137 Å². The summed E-state index contributed by atoms with van der Waals surface area (Å²) in [5, 5.41) is 2.73. The summed E-state index contributed by atoms with van der Waals surface area (Å²) in [6.45, 7) is -2.29. The quantitative estimate of drug-likeness (QED) is 0.913. The summed E-state index contributed by atoms with van der Waals surface area (Å²) in [6, 6.07) is 12.8.